The third-order valence-electron chi connectivity index (χ3n) is 1.88. The Labute approximate surface area is 91.6 Å². The number of rotatable bonds is 1. The second-order valence-corrected chi connectivity index (χ2v) is 3.14. The predicted octanol–water partition coefficient (Wildman–Crippen LogP) is 3.32. The molecule has 2 N–H and O–H groups in total. The topological polar surface area (TPSA) is 26.0 Å². The summed E-state index contributed by atoms with van der Waals surface area (Å²) in [6, 6.07) is 20.8. The maximum Gasteiger partial charge on any atom is -0.0106 e. The Morgan fingerprint density at radius 2 is 1.00 bits per heavy atom. The summed E-state index contributed by atoms with van der Waals surface area (Å²) in [5.74, 6) is 0. The molecular formula is C14H17N. The molecule has 1 heteroatoms. The van der Waals surface area contributed by atoms with Crippen molar-refractivity contribution in [1.82, 2.24) is 0 Å². The first-order valence-electron chi connectivity index (χ1n) is 5.19. The molecule has 0 spiro atoms. The lowest BCUT2D eigenvalue weighted by Crippen LogP contribution is -1.87. The van der Waals surface area contributed by atoms with E-state index in [0.717, 1.165) is 6.54 Å². The molecule has 0 amide bonds. The quantitative estimate of drug-likeness (QED) is 0.749. The average Bonchev–Trinajstić information content (AvgIpc) is 2.32. The van der Waals surface area contributed by atoms with E-state index in [9.17, 15) is 0 Å². The van der Waals surface area contributed by atoms with E-state index >= 15 is 0 Å². The molecule has 0 radical (unpaired) electrons. The predicted molar refractivity (Wildman–Crippen MR) is 66.6 cm³/mol. The number of nitrogens with two attached hydrogens (primary N) is 1. The van der Waals surface area contributed by atoms with E-state index in [0.29, 0.717) is 0 Å². The highest BCUT2D eigenvalue weighted by molar-refractivity contribution is 5.62. The lowest BCUT2D eigenvalue weighted by atomic mass is 10.1. The van der Waals surface area contributed by atoms with Crippen LogP contribution in [0.15, 0.2) is 60.7 Å². The van der Waals surface area contributed by atoms with Gasteiger partial charge in [-0.3, -0.25) is 0 Å². The van der Waals surface area contributed by atoms with Gasteiger partial charge in [-0.05, 0) is 17.7 Å². The summed E-state index contributed by atoms with van der Waals surface area (Å²) in [7, 11) is 0. The van der Waals surface area contributed by atoms with Gasteiger partial charge < -0.3 is 5.73 Å². The molecule has 0 aliphatic rings. The normalized spacial score (nSPS) is 8.93. The van der Waals surface area contributed by atoms with Crippen LogP contribution in [-0.4, -0.2) is 6.54 Å². The molecule has 2 aromatic carbocycles. The molecule has 0 saturated heterocycles. The van der Waals surface area contributed by atoms with Gasteiger partial charge in [0, 0.05) is 0 Å². The highest BCUT2D eigenvalue weighted by Gasteiger charge is 1.91. The molecule has 0 aliphatic carbocycles. The van der Waals surface area contributed by atoms with Crippen LogP contribution in [0.1, 0.15) is 6.92 Å². The minimum absolute atomic E-state index is 0.750. The van der Waals surface area contributed by atoms with Gasteiger partial charge in [0.25, 0.3) is 0 Å². The average molecular weight is 199 g/mol. The Balaban J connectivity index is 0.000000337. The van der Waals surface area contributed by atoms with E-state index in [-0.39, 0.29) is 0 Å². The van der Waals surface area contributed by atoms with Crippen molar-refractivity contribution >= 4 is 0 Å². The van der Waals surface area contributed by atoms with Crippen molar-refractivity contribution in [2.75, 3.05) is 6.54 Å². The molecule has 78 valence electrons. The number of benzene rings is 2. The summed E-state index contributed by atoms with van der Waals surface area (Å²) >= 11 is 0. The van der Waals surface area contributed by atoms with Crippen LogP contribution in [0.2, 0.25) is 0 Å². The maximum atomic E-state index is 4.85. The first-order valence-corrected chi connectivity index (χ1v) is 5.19. The zero-order valence-electron chi connectivity index (χ0n) is 9.06. The summed E-state index contributed by atoms with van der Waals surface area (Å²) in [5.41, 5.74) is 7.40. The first kappa shape index (κ1) is 11.5. The van der Waals surface area contributed by atoms with Gasteiger partial charge in [0.2, 0.25) is 0 Å². The van der Waals surface area contributed by atoms with Gasteiger partial charge in [0.05, 0.1) is 0 Å². The fraction of sp³-hybridized carbons (Fsp3) is 0.143. The Morgan fingerprint density at radius 3 is 1.27 bits per heavy atom. The molecular weight excluding hydrogens is 182 g/mol. The van der Waals surface area contributed by atoms with Crippen molar-refractivity contribution in [3.63, 3.8) is 0 Å². The monoisotopic (exact) mass is 199 g/mol. The van der Waals surface area contributed by atoms with E-state index in [1.807, 2.05) is 19.1 Å². The highest BCUT2D eigenvalue weighted by Crippen LogP contribution is 2.17. The second kappa shape index (κ2) is 6.80. The molecule has 0 fully saturated rings. The molecule has 0 aliphatic heterocycles. The fourth-order valence-corrected chi connectivity index (χ4v) is 1.26. The van der Waals surface area contributed by atoms with Crippen molar-refractivity contribution in [3.05, 3.63) is 60.7 Å². The van der Waals surface area contributed by atoms with Crippen LogP contribution >= 0.6 is 0 Å². The van der Waals surface area contributed by atoms with Crippen LogP contribution in [0.5, 0.6) is 0 Å². The highest BCUT2D eigenvalue weighted by atomic mass is 14.5. The van der Waals surface area contributed by atoms with E-state index in [4.69, 9.17) is 5.73 Å². The molecule has 0 heterocycles. The summed E-state index contributed by atoms with van der Waals surface area (Å²) < 4.78 is 0. The lowest BCUT2D eigenvalue weighted by Gasteiger charge is -1.98. The summed E-state index contributed by atoms with van der Waals surface area (Å²) in [5, 5.41) is 0. The fourth-order valence-electron chi connectivity index (χ4n) is 1.26. The van der Waals surface area contributed by atoms with Crippen LogP contribution < -0.4 is 5.73 Å². The van der Waals surface area contributed by atoms with Crippen molar-refractivity contribution in [2.45, 2.75) is 6.92 Å². The van der Waals surface area contributed by atoms with Crippen LogP contribution in [0.3, 0.4) is 0 Å². The zero-order chi connectivity index (χ0) is 10.9. The van der Waals surface area contributed by atoms with E-state index < -0.39 is 0 Å². The molecule has 0 saturated carbocycles. The van der Waals surface area contributed by atoms with E-state index in [2.05, 4.69) is 48.5 Å². The largest absolute Gasteiger partial charge is 0.331 e. The van der Waals surface area contributed by atoms with Gasteiger partial charge in [-0.2, -0.15) is 0 Å². The minimum Gasteiger partial charge on any atom is -0.331 e. The van der Waals surface area contributed by atoms with E-state index in [1.165, 1.54) is 11.1 Å². The van der Waals surface area contributed by atoms with Gasteiger partial charge in [0.15, 0.2) is 0 Å². The van der Waals surface area contributed by atoms with Crippen LogP contribution in [-0.2, 0) is 0 Å². The Morgan fingerprint density at radius 1 is 0.733 bits per heavy atom. The first-order chi connectivity index (χ1) is 7.38. The summed E-state index contributed by atoms with van der Waals surface area (Å²) in [4.78, 5) is 0. The maximum absolute atomic E-state index is 4.85. The number of hydrogen-bond acceptors (Lipinski definition) is 1. The lowest BCUT2D eigenvalue weighted by molar-refractivity contribution is 1.14. The molecule has 0 bridgehead atoms. The molecule has 0 aromatic heterocycles. The molecule has 2 aromatic rings. The molecule has 15 heavy (non-hydrogen) atoms. The molecule has 2 rings (SSSR count). The summed E-state index contributed by atoms with van der Waals surface area (Å²) in [6.45, 7) is 2.65. The SMILES string of the molecule is CCN.c1ccc(-c2ccccc2)cc1. The van der Waals surface area contributed by atoms with Crippen molar-refractivity contribution in [2.24, 2.45) is 5.73 Å². The van der Waals surface area contributed by atoms with Gasteiger partial charge in [-0.25, -0.2) is 0 Å². The third kappa shape index (κ3) is 3.96. The summed E-state index contributed by atoms with van der Waals surface area (Å²) in [6.07, 6.45) is 0. The van der Waals surface area contributed by atoms with Crippen LogP contribution in [0, 0.1) is 0 Å². The zero-order valence-corrected chi connectivity index (χ0v) is 9.06. The number of hydrogen-bond donors (Lipinski definition) is 1. The molecule has 0 atom stereocenters. The molecule has 1 nitrogen and oxygen atoms in total. The Kier molecular flexibility index (Phi) is 5.20. The Hall–Kier alpha value is -1.60. The van der Waals surface area contributed by atoms with Crippen LogP contribution in [0.4, 0.5) is 0 Å². The third-order valence-corrected chi connectivity index (χ3v) is 1.88. The van der Waals surface area contributed by atoms with Gasteiger partial charge in [0.1, 0.15) is 0 Å². The van der Waals surface area contributed by atoms with Crippen molar-refractivity contribution < 1.29 is 0 Å². The Bertz CT molecular complexity index is 316. The van der Waals surface area contributed by atoms with Crippen molar-refractivity contribution in [3.8, 4) is 11.1 Å². The van der Waals surface area contributed by atoms with E-state index in [1.54, 1.807) is 0 Å². The van der Waals surface area contributed by atoms with Gasteiger partial charge >= 0.3 is 0 Å². The van der Waals surface area contributed by atoms with Crippen LogP contribution in [0.25, 0.3) is 11.1 Å². The smallest absolute Gasteiger partial charge is 0.0106 e. The van der Waals surface area contributed by atoms with Crippen molar-refractivity contribution in [1.29, 1.82) is 0 Å². The minimum atomic E-state index is 0.750. The van der Waals surface area contributed by atoms with Gasteiger partial charge in [-0.1, -0.05) is 67.6 Å². The molecule has 0 unspecified atom stereocenters. The second-order valence-electron chi connectivity index (χ2n) is 3.14. The van der Waals surface area contributed by atoms with Gasteiger partial charge in [-0.15, -0.1) is 0 Å². The standard InChI is InChI=1S/C12H10.C2H7N/c1-3-7-11(8-4-1)12-9-5-2-6-10-12;1-2-3/h1-10H;2-3H2,1H3.